The fraction of sp³-hybridized carbons (Fsp3) is 0.357. The fourth-order valence-corrected chi connectivity index (χ4v) is 1.92. The summed E-state index contributed by atoms with van der Waals surface area (Å²) in [5.41, 5.74) is 3.92. The van der Waals surface area contributed by atoms with Gasteiger partial charge >= 0.3 is 0 Å². The van der Waals surface area contributed by atoms with Gasteiger partial charge in [0.25, 0.3) is 0 Å². The normalized spacial score (nSPS) is 10.7. The number of aryl methyl sites for hydroxylation is 2. The van der Waals surface area contributed by atoms with E-state index in [2.05, 4.69) is 47.7 Å². The topological polar surface area (TPSA) is 29.9 Å². The van der Waals surface area contributed by atoms with Crippen LogP contribution < -0.4 is 5.32 Å². The van der Waals surface area contributed by atoms with Gasteiger partial charge in [-0.15, -0.1) is 0 Å². The van der Waals surface area contributed by atoms with E-state index in [1.807, 2.05) is 17.9 Å². The van der Waals surface area contributed by atoms with Crippen LogP contribution in [0.25, 0.3) is 0 Å². The van der Waals surface area contributed by atoms with Crippen molar-refractivity contribution in [2.75, 3.05) is 6.54 Å². The number of nitrogens with one attached hydrogen (secondary N) is 1. The molecule has 2 rings (SSSR count). The highest BCUT2D eigenvalue weighted by atomic mass is 15.3. The molecule has 1 aromatic carbocycles. The van der Waals surface area contributed by atoms with Gasteiger partial charge in [0.15, 0.2) is 0 Å². The quantitative estimate of drug-likeness (QED) is 0.795. The van der Waals surface area contributed by atoms with Crippen molar-refractivity contribution in [2.24, 2.45) is 7.05 Å². The van der Waals surface area contributed by atoms with E-state index in [0.717, 1.165) is 19.5 Å². The maximum absolute atomic E-state index is 4.15. The van der Waals surface area contributed by atoms with Crippen LogP contribution in [0.15, 0.2) is 36.5 Å². The van der Waals surface area contributed by atoms with Gasteiger partial charge in [0.2, 0.25) is 0 Å². The molecule has 3 nitrogen and oxygen atoms in total. The lowest BCUT2D eigenvalue weighted by atomic mass is 10.1. The van der Waals surface area contributed by atoms with E-state index in [4.69, 9.17) is 0 Å². The Hall–Kier alpha value is -1.61. The molecule has 0 unspecified atom stereocenters. The van der Waals surface area contributed by atoms with E-state index >= 15 is 0 Å². The predicted molar refractivity (Wildman–Crippen MR) is 69.8 cm³/mol. The van der Waals surface area contributed by atoms with E-state index in [1.54, 1.807) is 0 Å². The Bertz CT molecular complexity index is 474. The monoisotopic (exact) mass is 229 g/mol. The first-order valence-corrected chi connectivity index (χ1v) is 5.99. The highest BCUT2D eigenvalue weighted by molar-refractivity contribution is 5.21. The Morgan fingerprint density at radius 3 is 2.88 bits per heavy atom. The van der Waals surface area contributed by atoms with Crippen LogP contribution in [-0.2, 0) is 20.0 Å². The lowest BCUT2D eigenvalue weighted by molar-refractivity contribution is 0.643. The molecular weight excluding hydrogens is 210 g/mol. The average molecular weight is 229 g/mol. The first kappa shape index (κ1) is 11.9. The van der Waals surface area contributed by atoms with E-state index in [0.29, 0.717) is 0 Å². The molecule has 0 atom stereocenters. The van der Waals surface area contributed by atoms with Crippen LogP contribution in [0.2, 0.25) is 0 Å². The van der Waals surface area contributed by atoms with Crippen molar-refractivity contribution in [1.82, 2.24) is 15.1 Å². The van der Waals surface area contributed by atoms with Gasteiger partial charge in [-0.3, -0.25) is 4.68 Å². The Labute approximate surface area is 102 Å². The second-order valence-corrected chi connectivity index (χ2v) is 4.36. The summed E-state index contributed by atoms with van der Waals surface area (Å²) < 4.78 is 1.92. The summed E-state index contributed by atoms with van der Waals surface area (Å²) in [6, 6.07) is 10.7. The van der Waals surface area contributed by atoms with Crippen molar-refractivity contribution in [3.05, 3.63) is 53.3 Å². The minimum absolute atomic E-state index is 0.930. The SMILES string of the molecule is Cc1cccc(CNCCc2ccnn2C)c1. The fourth-order valence-electron chi connectivity index (χ4n) is 1.92. The third-order valence-electron chi connectivity index (χ3n) is 2.89. The van der Waals surface area contributed by atoms with E-state index in [-0.39, 0.29) is 0 Å². The predicted octanol–water partition coefficient (Wildman–Crippen LogP) is 2.06. The molecule has 90 valence electrons. The second-order valence-electron chi connectivity index (χ2n) is 4.36. The molecule has 0 aliphatic heterocycles. The zero-order valence-electron chi connectivity index (χ0n) is 10.5. The van der Waals surface area contributed by atoms with Crippen LogP contribution in [0.4, 0.5) is 0 Å². The van der Waals surface area contributed by atoms with Crippen molar-refractivity contribution in [2.45, 2.75) is 19.9 Å². The van der Waals surface area contributed by atoms with Crippen LogP contribution in [0.1, 0.15) is 16.8 Å². The second kappa shape index (κ2) is 5.64. The molecule has 0 bridgehead atoms. The van der Waals surface area contributed by atoms with E-state index in [9.17, 15) is 0 Å². The van der Waals surface area contributed by atoms with Crippen molar-refractivity contribution in [1.29, 1.82) is 0 Å². The molecule has 0 aliphatic carbocycles. The molecule has 1 heterocycles. The van der Waals surface area contributed by atoms with E-state index in [1.165, 1.54) is 16.8 Å². The molecule has 17 heavy (non-hydrogen) atoms. The largest absolute Gasteiger partial charge is 0.312 e. The highest BCUT2D eigenvalue weighted by Gasteiger charge is 1.98. The molecule has 1 aromatic heterocycles. The molecule has 2 aromatic rings. The Morgan fingerprint density at radius 2 is 2.18 bits per heavy atom. The summed E-state index contributed by atoms with van der Waals surface area (Å²) >= 11 is 0. The van der Waals surface area contributed by atoms with Gasteiger partial charge < -0.3 is 5.32 Å². The average Bonchev–Trinajstić information content (AvgIpc) is 2.71. The van der Waals surface area contributed by atoms with Gasteiger partial charge in [-0.1, -0.05) is 29.8 Å². The van der Waals surface area contributed by atoms with Crippen LogP contribution in [0.5, 0.6) is 0 Å². The van der Waals surface area contributed by atoms with Crippen LogP contribution in [-0.4, -0.2) is 16.3 Å². The number of hydrogen-bond acceptors (Lipinski definition) is 2. The molecule has 0 spiro atoms. The minimum Gasteiger partial charge on any atom is -0.312 e. The van der Waals surface area contributed by atoms with Gasteiger partial charge in [-0.25, -0.2) is 0 Å². The molecule has 0 aliphatic rings. The number of rotatable bonds is 5. The molecule has 0 amide bonds. The van der Waals surface area contributed by atoms with Crippen molar-refractivity contribution >= 4 is 0 Å². The zero-order chi connectivity index (χ0) is 12.1. The maximum atomic E-state index is 4.15. The number of nitrogens with zero attached hydrogens (tertiary/aromatic N) is 2. The van der Waals surface area contributed by atoms with Gasteiger partial charge in [-0.05, 0) is 18.6 Å². The molecule has 1 N–H and O–H groups in total. The molecule has 0 saturated heterocycles. The summed E-state index contributed by atoms with van der Waals surface area (Å²) in [4.78, 5) is 0. The van der Waals surface area contributed by atoms with Gasteiger partial charge in [0.05, 0.1) is 0 Å². The van der Waals surface area contributed by atoms with Crippen molar-refractivity contribution < 1.29 is 0 Å². The molecule has 0 saturated carbocycles. The molecular formula is C14H19N3. The number of benzene rings is 1. The van der Waals surface area contributed by atoms with Crippen LogP contribution >= 0.6 is 0 Å². The van der Waals surface area contributed by atoms with Crippen LogP contribution in [0.3, 0.4) is 0 Å². The summed E-state index contributed by atoms with van der Waals surface area (Å²) in [6.07, 6.45) is 2.86. The van der Waals surface area contributed by atoms with E-state index < -0.39 is 0 Å². The maximum Gasteiger partial charge on any atom is 0.0492 e. The lowest BCUT2D eigenvalue weighted by Crippen LogP contribution is -2.17. The first-order valence-electron chi connectivity index (χ1n) is 5.99. The molecule has 3 heteroatoms. The molecule has 0 fully saturated rings. The zero-order valence-corrected chi connectivity index (χ0v) is 10.5. The number of aromatic nitrogens is 2. The highest BCUT2D eigenvalue weighted by Crippen LogP contribution is 2.03. The van der Waals surface area contributed by atoms with Gasteiger partial charge in [0.1, 0.15) is 0 Å². The smallest absolute Gasteiger partial charge is 0.0492 e. The molecule has 0 radical (unpaired) electrons. The summed E-state index contributed by atoms with van der Waals surface area (Å²) in [6.45, 7) is 4.03. The minimum atomic E-state index is 0.930. The van der Waals surface area contributed by atoms with Crippen molar-refractivity contribution in [3.63, 3.8) is 0 Å². The third kappa shape index (κ3) is 3.43. The Kier molecular flexibility index (Phi) is 3.94. The lowest BCUT2D eigenvalue weighted by Gasteiger charge is -2.06. The summed E-state index contributed by atoms with van der Waals surface area (Å²) in [5, 5.41) is 7.61. The Morgan fingerprint density at radius 1 is 1.29 bits per heavy atom. The van der Waals surface area contributed by atoms with Gasteiger partial charge in [-0.2, -0.15) is 5.10 Å². The first-order chi connectivity index (χ1) is 8.25. The summed E-state index contributed by atoms with van der Waals surface area (Å²) in [5.74, 6) is 0. The standard InChI is InChI=1S/C14H19N3/c1-12-4-3-5-13(10-12)11-15-8-6-14-7-9-16-17(14)2/h3-5,7,9-10,15H,6,8,11H2,1-2H3. The summed E-state index contributed by atoms with van der Waals surface area (Å²) in [7, 11) is 1.98. The Balaban J connectivity index is 1.75. The number of hydrogen-bond donors (Lipinski definition) is 1. The van der Waals surface area contributed by atoms with Crippen molar-refractivity contribution in [3.8, 4) is 0 Å². The van der Waals surface area contributed by atoms with Gasteiger partial charge in [0, 0.05) is 38.4 Å². The van der Waals surface area contributed by atoms with Crippen LogP contribution in [0, 0.1) is 6.92 Å². The third-order valence-corrected chi connectivity index (χ3v) is 2.89.